The van der Waals surface area contributed by atoms with E-state index in [-0.39, 0.29) is 23.0 Å². The number of ketones is 2. The van der Waals surface area contributed by atoms with Crippen molar-refractivity contribution in [2.75, 3.05) is 0 Å². The Labute approximate surface area is 145 Å². The van der Waals surface area contributed by atoms with Gasteiger partial charge >= 0.3 is 0 Å². The molecule has 2 aromatic heterocycles. The number of aromatic nitrogens is 2. The minimum absolute atomic E-state index is 0.0796. The minimum atomic E-state index is -0.295. The van der Waals surface area contributed by atoms with Crippen molar-refractivity contribution in [2.24, 2.45) is 0 Å². The van der Waals surface area contributed by atoms with Crippen molar-refractivity contribution in [3.63, 3.8) is 0 Å². The Morgan fingerprint density at radius 2 is 1.64 bits per heavy atom. The maximum absolute atomic E-state index is 12.7. The van der Waals surface area contributed by atoms with E-state index < -0.39 is 0 Å². The predicted octanol–water partition coefficient (Wildman–Crippen LogP) is 4.21. The van der Waals surface area contributed by atoms with Crippen LogP contribution >= 0.6 is 11.3 Å². The minimum Gasteiger partial charge on any atom is -0.417 e. The second kappa shape index (κ2) is 4.94. The number of aryl methyl sites for hydroxylation is 1. The third kappa shape index (κ3) is 2.08. The van der Waals surface area contributed by atoms with Crippen molar-refractivity contribution < 1.29 is 14.0 Å². The van der Waals surface area contributed by atoms with Crippen LogP contribution in [0.2, 0.25) is 0 Å². The second-order valence-electron chi connectivity index (χ2n) is 5.86. The molecule has 0 N–H and O–H groups in total. The summed E-state index contributed by atoms with van der Waals surface area (Å²) in [5.74, 6) is -0.365. The molecular weight excluding hydrogens is 336 g/mol. The predicted molar refractivity (Wildman–Crippen MR) is 95.0 cm³/mol. The molecule has 0 fully saturated rings. The quantitative estimate of drug-likeness (QED) is 0.381. The Balaban J connectivity index is 1.64. The lowest BCUT2D eigenvalue weighted by Gasteiger charge is -2.00. The Hall–Kier alpha value is -3.12. The summed E-state index contributed by atoms with van der Waals surface area (Å²) in [6.07, 6.45) is 1.42. The number of carbonyl (C=O) groups is 2. The molecule has 0 aliphatic heterocycles. The first kappa shape index (κ1) is 14.2. The molecule has 120 valence electrons. The molecule has 0 atom stereocenters. The number of fused-ring (bicyclic) bond motifs is 3. The molecule has 2 heterocycles. The number of hydrogen-bond acceptors (Lipinski definition) is 6. The summed E-state index contributed by atoms with van der Waals surface area (Å²) in [4.78, 5) is 34.5. The van der Waals surface area contributed by atoms with Crippen molar-refractivity contribution in [3.05, 3.63) is 64.0 Å². The van der Waals surface area contributed by atoms with Crippen LogP contribution in [0.5, 0.6) is 0 Å². The molecule has 0 amide bonds. The summed E-state index contributed by atoms with van der Waals surface area (Å²) in [6, 6.07) is 11.2. The molecular formula is C19H10N2O3S. The van der Waals surface area contributed by atoms with Gasteiger partial charge in [0.15, 0.2) is 16.4 Å². The van der Waals surface area contributed by atoms with Gasteiger partial charge in [-0.3, -0.25) is 9.59 Å². The van der Waals surface area contributed by atoms with Gasteiger partial charge in [-0.1, -0.05) is 35.6 Å². The lowest BCUT2D eigenvalue weighted by molar-refractivity contribution is 0.0990. The SMILES string of the molecule is Cc1nc2oc(C=C3C(=O)c4cc5ccccc5cc4C3=O)nc2s1. The molecule has 5 nitrogen and oxygen atoms in total. The Kier molecular flexibility index (Phi) is 2.81. The van der Waals surface area contributed by atoms with E-state index >= 15 is 0 Å². The van der Waals surface area contributed by atoms with Gasteiger partial charge in [-0.2, -0.15) is 4.98 Å². The number of carbonyl (C=O) groups excluding carboxylic acids is 2. The number of rotatable bonds is 1. The maximum atomic E-state index is 12.7. The van der Waals surface area contributed by atoms with E-state index in [2.05, 4.69) is 9.97 Å². The first-order valence-corrected chi connectivity index (χ1v) is 8.50. The third-order valence-electron chi connectivity index (χ3n) is 4.23. The van der Waals surface area contributed by atoms with E-state index in [0.29, 0.717) is 21.7 Å². The van der Waals surface area contributed by atoms with Crippen molar-refractivity contribution in [3.8, 4) is 0 Å². The fourth-order valence-corrected chi connectivity index (χ4v) is 3.80. The molecule has 0 saturated carbocycles. The van der Waals surface area contributed by atoms with Crippen LogP contribution in [0.3, 0.4) is 0 Å². The Morgan fingerprint density at radius 1 is 1.00 bits per heavy atom. The van der Waals surface area contributed by atoms with Crippen molar-refractivity contribution in [1.29, 1.82) is 0 Å². The zero-order valence-corrected chi connectivity index (χ0v) is 13.9. The largest absolute Gasteiger partial charge is 0.417 e. The van der Waals surface area contributed by atoms with Crippen molar-refractivity contribution >= 4 is 50.3 Å². The van der Waals surface area contributed by atoms with E-state index in [4.69, 9.17) is 4.42 Å². The van der Waals surface area contributed by atoms with Crippen LogP contribution in [0.15, 0.2) is 46.4 Å². The van der Waals surface area contributed by atoms with Crippen LogP contribution in [0, 0.1) is 6.92 Å². The topological polar surface area (TPSA) is 73.1 Å². The van der Waals surface area contributed by atoms with Crippen LogP contribution < -0.4 is 0 Å². The van der Waals surface area contributed by atoms with Crippen LogP contribution in [-0.4, -0.2) is 21.5 Å². The molecule has 2 aromatic carbocycles. The van der Waals surface area contributed by atoms with E-state index in [9.17, 15) is 9.59 Å². The van der Waals surface area contributed by atoms with Crippen LogP contribution in [-0.2, 0) is 0 Å². The van der Waals surface area contributed by atoms with E-state index in [0.717, 1.165) is 15.8 Å². The molecule has 1 aliphatic carbocycles. The molecule has 0 spiro atoms. The second-order valence-corrected chi connectivity index (χ2v) is 7.04. The highest BCUT2D eigenvalue weighted by Gasteiger charge is 2.34. The number of benzene rings is 2. The monoisotopic (exact) mass is 346 g/mol. The van der Waals surface area contributed by atoms with Gasteiger partial charge in [0.2, 0.25) is 5.89 Å². The standard InChI is InChI=1S/C19H10N2O3S/c1-9-20-18-19(25-9)21-15(24-18)8-14-16(22)12-6-10-4-2-3-5-11(10)7-13(12)17(14)23/h2-8H,1H3. The summed E-state index contributed by atoms with van der Waals surface area (Å²) in [5, 5.41) is 2.72. The molecule has 1 aliphatic rings. The number of nitrogens with zero attached hydrogens (tertiary/aromatic N) is 2. The summed E-state index contributed by atoms with van der Waals surface area (Å²) in [7, 11) is 0. The van der Waals surface area contributed by atoms with Gasteiger partial charge in [0.1, 0.15) is 0 Å². The van der Waals surface area contributed by atoms with Crippen LogP contribution in [0.1, 0.15) is 31.6 Å². The van der Waals surface area contributed by atoms with E-state index in [1.807, 2.05) is 31.2 Å². The average Bonchev–Trinajstić information content (AvgIpc) is 3.20. The lowest BCUT2D eigenvalue weighted by atomic mass is 10.0. The normalized spacial score (nSPS) is 13.9. The van der Waals surface area contributed by atoms with Crippen LogP contribution in [0.4, 0.5) is 0 Å². The fraction of sp³-hybridized carbons (Fsp3) is 0.0526. The third-order valence-corrected chi connectivity index (χ3v) is 5.08. The molecule has 4 aromatic rings. The summed E-state index contributed by atoms with van der Waals surface area (Å²) >= 11 is 1.41. The highest BCUT2D eigenvalue weighted by atomic mass is 32.1. The van der Waals surface area contributed by atoms with E-state index in [1.54, 1.807) is 12.1 Å². The lowest BCUT2D eigenvalue weighted by Crippen LogP contribution is -2.00. The first-order valence-electron chi connectivity index (χ1n) is 7.68. The molecule has 0 bridgehead atoms. The molecule has 25 heavy (non-hydrogen) atoms. The van der Waals surface area contributed by atoms with Gasteiger partial charge in [0.05, 0.1) is 10.6 Å². The molecule has 0 saturated heterocycles. The van der Waals surface area contributed by atoms with Gasteiger partial charge in [-0.25, -0.2) is 4.98 Å². The molecule has 5 rings (SSSR count). The summed E-state index contributed by atoms with van der Waals surface area (Å²) in [6.45, 7) is 1.87. The Bertz CT molecular complexity index is 1160. The first-order chi connectivity index (χ1) is 12.1. The zero-order valence-electron chi connectivity index (χ0n) is 13.1. The molecule has 0 radical (unpaired) electrons. The van der Waals surface area contributed by atoms with E-state index in [1.165, 1.54) is 17.4 Å². The van der Waals surface area contributed by atoms with Gasteiger partial charge < -0.3 is 4.42 Å². The van der Waals surface area contributed by atoms with Crippen LogP contribution in [0.25, 0.3) is 27.4 Å². The molecule has 0 unspecified atom stereocenters. The summed E-state index contributed by atoms with van der Waals surface area (Å²) < 4.78 is 5.53. The highest BCUT2D eigenvalue weighted by Crippen LogP contribution is 2.32. The number of oxazole rings is 1. The average molecular weight is 346 g/mol. The van der Waals surface area contributed by atoms with Crippen molar-refractivity contribution in [1.82, 2.24) is 9.97 Å². The van der Waals surface area contributed by atoms with Gasteiger partial charge in [-0.15, -0.1) is 0 Å². The van der Waals surface area contributed by atoms with Gasteiger partial charge in [-0.05, 0) is 29.8 Å². The number of Topliss-reactive ketones (excluding diaryl/α,β-unsaturated/α-hetero) is 2. The van der Waals surface area contributed by atoms with Crippen molar-refractivity contribution in [2.45, 2.75) is 6.92 Å². The highest BCUT2D eigenvalue weighted by molar-refractivity contribution is 7.18. The number of allylic oxidation sites excluding steroid dienone is 1. The van der Waals surface area contributed by atoms with Gasteiger partial charge in [0.25, 0.3) is 5.71 Å². The zero-order chi connectivity index (χ0) is 17.1. The number of hydrogen-bond donors (Lipinski definition) is 0. The fourth-order valence-electron chi connectivity index (χ4n) is 3.08. The Morgan fingerprint density at radius 3 is 2.24 bits per heavy atom. The van der Waals surface area contributed by atoms with Gasteiger partial charge in [0, 0.05) is 17.2 Å². The molecule has 6 heteroatoms. The maximum Gasteiger partial charge on any atom is 0.258 e. The smallest absolute Gasteiger partial charge is 0.258 e. The summed E-state index contributed by atoms with van der Waals surface area (Å²) in [5.41, 5.74) is 1.36. The number of thiazole rings is 1.